The third-order valence-corrected chi connectivity index (χ3v) is 6.70. The molecule has 2 aromatic carbocycles. The van der Waals surface area contributed by atoms with Gasteiger partial charge in [0.25, 0.3) is 0 Å². The molecule has 2 aromatic rings. The van der Waals surface area contributed by atoms with E-state index < -0.39 is 0 Å². The van der Waals surface area contributed by atoms with Gasteiger partial charge in [0.2, 0.25) is 0 Å². The van der Waals surface area contributed by atoms with Gasteiger partial charge in [-0.1, -0.05) is 62.2 Å². The maximum atomic E-state index is 5.40. The van der Waals surface area contributed by atoms with Crippen LogP contribution >= 0.6 is 0 Å². The van der Waals surface area contributed by atoms with Crippen molar-refractivity contribution in [2.24, 2.45) is 5.92 Å². The molecular formula is C28H40O2. The lowest BCUT2D eigenvalue weighted by Crippen LogP contribution is -2.17. The van der Waals surface area contributed by atoms with Crippen molar-refractivity contribution < 1.29 is 9.47 Å². The lowest BCUT2D eigenvalue weighted by molar-refractivity contribution is 0.117. The predicted molar refractivity (Wildman–Crippen MR) is 126 cm³/mol. The zero-order valence-electron chi connectivity index (χ0n) is 19.3. The van der Waals surface area contributed by atoms with Gasteiger partial charge in [0.1, 0.15) is 0 Å². The van der Waals surface area contributed by atoms with Gasteiger partial charge in [-0.25, -0.2) is 0 Å². The molecule has 2 heteroatoms. The largest absolute Gasteiger partial charge is 0.384 e. The quantitative estimate of drug-likeness (QED) is 0.372. The number of unbranched alkanes of at least 4 members (excludes halogenated alkanes) is 2. The molecular weight excluding hydrogens is 368 g/mol. The van der Waals surface area contributed by atoms with Crippen molar-refractivity contribution >= 4 is 0 Å². The van der Waals surface area contributed by atoms with Crippen LogP contribution in [0.4, 0.5) is 0 Å². The first-order valence-electron chi connectivity index (χ1n) is 11.9. The van der Waals surface area contributed by atoms with E-state index in [9.17, 15) is 0 Å². The number of fused-ring (bicyclic) bond motifs is 1. The zero-order valence-corrected chi connectivity index (χ0v) is 19.3. The Hall–Kier alpha value is -1.64. The fraction of sp³-hybridized carbons (Fsp3) is 0.571. The highest BCUT2D eigenvalue weighted by atomic mass is 16.5. The molecule has 0 saturated heterocycles. The van der Waals surface area contributed by atoms with Crippen LogP contribution in [0.3, 0.4) is 0 Å². The fourth-order valence-electron chi connectivity index (χ4n) is 4.82. The molecule has 30 heavy (non-hydrogen) atoms. The van der Waals surface area contributed by atoms with E-state index in [0.717, 1.165) is 5.92 Å². The normalized spacial score (nSPS) is 16.1. The molecule has 0 radical (unpaired) electrons. The Morgan fingerprint density at radius 2 is 1.57 bits per heavy atom. The minimum atomic E-state index is 0.327. The molecule has 0 amide bonds. The molecule has 0 spiro atoms. The van der Waals surface area contributed by atoms with Crippen LogP contribution in [-0.2, 0) is 35.2 Å². The standard InChI is InChI=1S/C28H40O2/c1-4-5-6-7-22-8-10-23(11-9-22)12-13-24-14-15-26-19-27(17-16-25(26)18-24)28(20-29-2)21-30-3/h8-11,16-17,19,24,28H,4-7,12-15,18,20-21H2,1-3H3. The molecule has 164 valence electrons. The molecule has 1 unspecified atom stereocenters. The summed E-state index contributed by atoms with van der Waals surface area (Å²) < 4.78 is 10.8. The van der Waals surface area contributed by atoms with E-state index in [1.54, 1.807) is 19.8 Å². The van der Waals surface area contributed by atoms with Crippen LogP contribution in [-0.4, -0.2) is 27.4 Å². The Kier molecular flexibility index (Phi) is 9.42. The molecule has 0 saturated carbocycles. The SMILES string of the molecule is CCCCCc1ccc(CCC2CCc3cc(C(COC)COC)ccc3C2)cc1. The van der Waals surface area contributed by atoms with Gasteiger partial charge in [-0.3, -0.25) is 0 Å². The summed E-state index contributed by atoms with van der Waals surface area (Å²) in [4.78, 5) is 0. The highest BCUT2D eigenvalue weighted by Gasteiger charge is 2.20. The molecule has 3 rings (SSSR count). The van der Waals surface area contributed by atoms with Crippen LogP contribution in [0, 0.1) is 5.92 Å². The number of hydrogen-bond acceptors (Lipinski definition) is 2. The van der Waals surface area contributed by atoms with Gasteiger partial charge < -0.3 is 9.47 Å². The maximum Gasteiger partial charge on any atom is 0.0553 e. The molecule has 0 aliphatic heterocycles. The third kappa shape index (κ3) is 6.68. The Balaban J connectivity index is 1.51. The molecule has 0 bridgehead atoms. The van der Waals surface area contributed by atoms with Gasteiger partial charge in [-0.2, -0.15) is 0 Å². The molecule has 2 nitrogen and oxygen atoms in total. The number of aryl methyl sites for hydroxylation is 3. The van der Waals surface area contributed by atoms with Gasteiger partial charge in [-0.15, -0.1) is 0 Å². The van der Waals surface area contributed by atoms with Crippen LogP contribution < -0.4 is 0 Å². The monoisotopic (exact) mass is 408 g/mol. The highest BCUT2D eigenvalue weighted by molar-refractivity contribution is 5.36. The summed E-state index contributed by atoms with van der Waals surface area (Å²) in [6.45, 7) is 3.70. The summed E-state index contributed by atoms with van der Waals surface area (Å²) in [5, 5.41) is 0. The summed E-state index contributed by atoms with van der Waals surface area (Å²) in [6, 6.07) is 16.5. The second-order valence-corrected chi connectivity index (χ2v) is 9.06. The summed E-state index contributed by atoms with van der Waals surface area (Å²) in [5.74, 6) is 1.13. The van der Waals surface area contributed by atoms with Gasteiger partial charge in [-0.05, 0) is 78.7 Å². The number of benzene rings is 2. The lowest BCUT2D eigenvalue weighted by atomic mass is 9.80. The minimum absolute atomic E-state index is 0.327. The van der Waals surface area contributed by atoms with Crippen LogP contribution in [0.2, 0.25) is 0 Å². The fourth-order valence-corrected chi connectivity index (χ4v) is 4.82. The van der Waals surface area contributed by atoms with E-state index >= 15 is 0 Å². The van der Waals surface area contributed by atoms with E-state index in [1.807, 2.05) is 0 Å². The van der Waals surface area contributed by atoms with Gasteiger partial charge in [0.05, 0.1) is 13.2 Å². The van der Waals surface area contributed by atoms with Crippen molar-refractivity contribution in [3.05, 3.63) is 70.3 Å². The summed E-state index contributed by atoms with van der Waals surface area (Å²) in [6.07, 6.45) is 11.4. The minimum Gasteiger partial charge on any atom is -0.384 e. The summed E-state index contributed by atoms with van der Waals surface area (Å²) in [5.41, 5.74) is 7.44. The van der Waals surface area contributed by atoms with Crippen molar-refractivity contribution in [3.63, 3.8) is 0 Å². The Labute approximate surface area is 184 Å². The van der Waals surface area contributed by atoms with Gasteiger partial charge in [0.15, 0.2) is 0 Å². The number of rotatable bonds is 12. The van der Waals surface area contributed by atoms with E-state index in [0.29, 0.717) is 19.1 Å². The Morgan fingerprint density at radius 3 is 2.23 bits per heavy atom. The summed E-state index contributed by atoms with van der Waals surface area (Å²) in [7, 11) is 3.54. The third-order valence-electron chi connectivity index (χ3n) is 6.70. The van der Waals surface area contributed by atoms with E-state index in [4.69, 9.17) is 9.47 Å². The second-order valence-electron chi connectivity index (χ2n) is 9.06. The second kappa shape index (κ2) is 12.3. The first-order chi connectivity index (χ1) is 14.7. The number of hydrogen-bond donors (Lipinski definition) is 0. The van der Waals surface area contributed by atoms with Crippen LogP contribution in [0.5, 0.6) is 0 Å². The topological polar surface area (TPSA) is 18.5 Å². The zero-order chi connectivity index (χ0) is 21.2. The lowest BCUT2D eigenvalue weighted by Gasteiger charge is -2.26. The molecule has 1 aliphatic rings. The van der Waals surface area contributed by atoms with Crippen LogP contribution in [0.1, 0.15) is 72.8 Å². The first kappa shape index (κ1) is 23.0. The Bertz CT molecular complexity index is 744. The van der Waals surface area contributed by atoms with Crippen LogP contribution in [0.25, 0.3) is 0 Å². The molecule has 1 aliphatic carbocycles. The number of methoxy groups -OCH3 is 2. The van der Waals surface area contributed by atoms with Crippen LogP contribution in [0.15, 0.2) is 42.5 Å². The summed E-state index contributed by atoms with van der Waals surface area (Å²) >= 11 is 0. The van der Waals surface area contributed by atoms with Crippen molar-refractivity contribution in [1.29, 1.82) is 0 Å². The molecule has 0 fully saturated rings. The average Bonchev–Trinajstić information content (AvgIpc) is 2.78. The smallest absolute Gasteiger partial charge is 0.0553 e. The van der Waals surface area contributed by atoms with Crippen molar-refractivity contribution in [3.8, 4) is 0 Å². The molecule has 0 aromatic heterocycles. The predicted octanol–water partition coefficient (Wildman–Crippen LogP) is 6.53. The molecule has 1 atom stereocenters. The van der Waals surface area contributed by atoms with Crippen molar-refractivity contribution in [2.75, 3.05) is 27.4 Å². The van der Waals surface area contributed by atoms with Crippen molar-refractivity contribution in [1.82, 2.24) is 0 Å². The van der Waals surface area contributed by atoms with Gasteiger partial charge >= 0.3 is 0 Å². The molecule has 0 N–H and O–H groups in total. The molecule has 0 heterocycles. The average molecular weight is 409 g/mol. The highest BCUT2D eigenvalue weighted by Crippen LogP contribution is 2.31. The van der Waals surface area contributed by atoms with E-state index in [2.05, 4.69) is 49.4 Å². The van der Waals surface area contributed by atoms with Crippen molar-refractivity contribution in [2.45, 2.75) is 70.6 Å². The van der Waals surface area contributed by atoms with E-state index in [-0.39, 0.29) is 0 Å². The van der Waals surface area contributed by atoms with Gasteiger partial charge in [0, 0.05) is 20.1 Å². The number of ether oxygens (including phenoxy) is 2. The van der Waals surface area contributed by atoms with E-state index in [1.165, 1.54) is 80.0 Å². The maximum absolute atomic E-state index is 5.40. The first-order valence-corrected chi connectivity index (χ1v) is 11.9. The Morgan fingerprint density at radius 1 is 0.867 bits per heavy atom.